The Labute approximate surface area is 157 Å². The molecule has 2 aliphatic rings. The number of piperidine rings is 1. The molecule has 2 aliphatic heterocycles. The molecule has 1 amide bonds. The molecule has 2 aromatic rings. The summed E-state index contributed by atoms with van der Waals surface area (Å²) in [6.45, 7) is 2.97. The van der Waals surface area contributed by atoms with Gasteiger partial charge in [0, 0.05) is 25.7 Å². The van der Waals surface area contributed by atoms with Crippen molar-refractivity contribution in [3.63, 3.8) is 0 Å². The molecular weight excluding hydrogens is 368 g/mol. The summed E-state index contributed by atoms with van der Waals surface area (Å²) in [6, 6.07) is 8.59. The quantitative estimate of drug-likeness (QED) is 0.793. The largest absolute Gasteiger partial charge is 0.458 e. The molecule has 1 aromatic carbocycles. The maximum absolute atomic E-state index is 12.8. The molecule has 1 unspecified atom stereocenters. The SMILES string of the molecule is CC(=O)N1CCCC(Oc2nccc(N3Cc4ccccc4S3(=O)=O)n2)C1. The van der Waals surface area contributed by atoms with E-state index in [-0.39, 0.29) is 30.4 Å². The highest BCUT2D eigenvalue weighted by Gasteiger charge is 2.35. The van der Waals surface area contributed by atoms with Crippen molar-refractivity contribution in [3.8, 4) is 6.01 Å². The maximum Gasteiger partial charge on any atom is 0.318 e. The predicted octanol–water partition coefficient (Wildman–Crippen LogP) is 1.58. The lowest BCUT2D eigenvalue weighted by Crippen LogP contribution is -2.43. The number of carbonyl (C=O) groups excluding carboxylic acids is 1. The fraction of sp³-hybridized carbons (Fsp3) is 0.389. The Bertz CT molecular complexity index is 979. The van der Waals surface area contributed by atoms with Gasteiger partial charge in [-0.1, -0.05) is 18.2 Å². The summed E-state index contributed by atoms with van der Waals surface area (Å²) in [5.41, 5.74) is 0.739. The van der Waals surface area contributed by atoms with E-state index in [1.807, 2.05) is 6.07 Å². The molecule has 0 radical (unpaired) electrons. The van der Waals surface area contributed by atoms with Gasteiger partial charge < -0.3 is 9.64 Å². The van der Waals surface area contributed by atoms with E-state index in [0.717, 1.165) is 24.9 Å². The Balaban J connectivity index is 1.55. The van der Waals surface area contributed by atoms with Crippen molar-refractivity contribution in [2.45, 2.75) is 37.3 Å². The normalized spacial score (nSPS) is 21.0. The van der Waals surface area contributed by atoms with E-state index in [0.29, 0.717) is 11.4 Å². The van der Waals surface area contributed by atoms with Gasteiger partial charge in [-0.05, 0) is 24.5 Å². The van der Waals surface area contributed by atoms with Gasteiger partial charge in [-0.3, -0.25) is 4.79 Å². The first-order valence-electron chi connectivity index (χ1n) is 8.81. The second kappa shape index (κ2) is 6.80. The average molecular weight is 388 g/mol. The van der Waals surface area contributed by atoms with Gasteiger partial charge in [0.05, 0.1) is 18.0 Å². The molecule has 1 fully saturated rings. The van der Waals surface area contributed by atoms with Crippen molar-refractivity contribution >= 4 is 21.7 Å². The van der Waals surface area contributed by atoms with Crippen LogP contribution in [0.3, 0.4) is 0 Å². The third kappa shape index (κ3) is 3.34. The van der Waals surface area contributed by atoms with Crippen LogP contribution < -0.4 is 9.04 Å². The van der Waals surface area contributed by atoms with E-state index in [2.05, 4.69) is 9.97 Å². The number of amides is 1. The molecule has 0 spiro atoms. The highest BCUT2D eigenvalue weighted by Crippen LogP contribution is 2.33. The van der Waals surface area contributed by atoms with E-state index < -0.39 is 10.0 Å². The Morgan fingerprint density at radius 1 is 1.26 bits per heavy atom. The molecule has 4 rings (SSSR count). The van der Waals surface area contributed by atoms with E-state index in [1.54, 1.807) is 29.2 Å². The van der Waals surface area contributed by atoms with Crippen LogP contribution in [-0.4, -0.2) is 48.4 Å². The number of aromatic nitrogens is 2. The van der Waals surface area contributed by atoms with Crippen molar-refractivity contribution in [2.24, 2.45) is 0 Å². The van der Waals surface area contributed by atoms with Gasteiger partial charge in [-0.2, -0.15) is 4.98 Å². The Morgan fingerprint density at radius 3 is 2.85 bits per heavy atom. The molecule has 1 aromatic heterocycles. The number of benzene rings is 1. The number of carbonyl (C=O) groups is 1. The number of anilines is 1. The fourth-order valence-corrected chi connectivity index (χ4v) is 5.05. The van der Waals surface area contributed by atoms with Crippen LogP contribution in [0.25, 0.3) is 0 Å². The van der Waals surface area contributed by atoms with Crippen LogP contribution in [0.2, 0.25) is 0 Å². The molecular formula is C18H20N4O4S. The minimum Gasteiger partial charge on any atom is -0.458 e. The Kier molecular flexibility index (Phi) is 4.47. The van der Waals surface area contributed by atoms with Crippen LogP contribution in [-0.2, 0) is 21.4 Å². The monoisotopic (exact) mass is 388 g/mol. The van der Waals surface area contributed by atoms with E-state index in [9.17, 15) is 13.2 Å². The minimum atomic E-state index is -3.63. The summed E-state index contributed by atoms with van der Waals surface area (Å²) in [7, 11) is -3.63. The van der Waals surface area contributed by atoms with Gasteiger partial charge in [-0.15, -0.1) is 0 Å². The second-order valence-corrected chi connectivity index (χ2v) is 8.49. The Hall–Kier alpha value is -2.68. The maximum atomic E-state index is 12.8. The number of hydrogen-bond donors (Lipinski definition) is 0. The van der Waals surface area contributed by atoms with Crippen LogP contribution in [0.1, 0.15) is 25.3 Å². The van der Waals surface area contributed by atoms with Gasteiger partial charge in [-0.25, -0.2) is 17.7 Å². The highest BCUT2D eigenvalue weighted by atomic mass is 32.2. The van der Waals surface area contributed by atoms with Gasteiger partial charge in [0.2, 0.25) is 5.91 Å². The van der Waals surface area contributed by atoms with Crippen LogP contribution in [0.4, 0.5) is 5.82 Å². The lowest BCUT2D eigenvalue weighted by Gasteiger charge is -2.31. The van der Waals surface area contributed by atoms with Crippen molar-refractivity contribution in [1.29, 1.82) is 0 Å². The average Bonchev–Trinajstić information content (AvgIpc) is 2.93. The number of likely N-dealkylation sites (tertiary alicyclic amines) is 1. The summed E-state index contributed by atoms with van der Waals surface area (Å²) >= 11 is 0. The van der Waals surface area contributed by atoms with Crippen LogP contribution in [0.15, 0.2) is 41.4 Å². The van der Waals surface area contributed by atoms with E-state index >= 15 is 0 Å². The van der Waals surface area contributed by atoms with E-state index in [4.69, 9.17) is 4.74 Å². The summed E-state index contributed by atoms with van der Waals surface area (Å²) < 4.78 is 32.7. The minimum absolute atomic E-state index is 0.0129. The first kappa shape index (κ1) is 17.7. The number of rotatable bonds is 3. The molecule has 9 heteroatoms. The predicted molar refractivity (Wildman–Crippen MR) is 97.7 cm³/mol. The molecule has 3 heterocycles. The van der Waals surface area contributed by atoms with Crippen molar-refractivity contribution in [3.05, 3.63) is 42.1 Å². The lowest BCUT2D eigenvalue weighted by molar-refractivity contribution is -0.131. The zero-order valence-electron chi connectivity index (χ0n) is 14.9. The van der Waals surface area contributed by atoms with Crippen LogP contribution in [0, 0.1) is 0 Å². The van der Waals surface area contributed by atoms with Crippen LogP contribution >= 0.6 is 0 Å². The molecule has 1 atom stereocenters. The van der Waals surface area contributed by atoms with Gasteiger partial charge >= 0.3 is 6.01 Å². The summed E-state index contributed by atoms with van der Waals surface area (Å²) in [5.74, 6) is 0.286. The third-order valence-electron chi connectivity index (χ3n) is 4.82. The fourth-order valence-electron chi connectivity index (χ4n) is 3.45. The molecule has 0 aliphatic carbocycles. The van der Waals surface area contributed by atoms with E-state index in [1.165, 1.54) is 17.4 Å². The topological polar surface area (TPSA) is 92.7 Å². The standard InChI is InChI=1S/C18H20N4O4S/c1-13(23)21-10-4-6-15(12-21)26-18-19-9-8-17(20-18)22-11-14-5-2-3-7-16(14)27(22,24)25/h2-3,5,7-9,15H,4,6,10-12H2,1H3. The highest BCUT2D eigenvalue weighted by molar-refractivity contribution is 7.93. The zero-order valence-corrected chi connectivity index (χ0v) is 15.7. The summed E-state index contributed by atoms with van der Waals surface area (Å²) in [4.78, 5) is 22.0. The molecule has 27 heavy (non-hydrogen) atoms. The number of ether oxygens (including phenoxy) is 1. The summed E-state index contributed by atoms with van der Waals surface area (Å²) in [5, 5.41) is 0. The number of hydrogen-bond acceptors (Lipinski definition) is 6. The lowest BCUT2D eigenvalue weighted by atomic mass is 10.1. The zero-order chi connectivity index (χ0) is 19.0. The van der Waals surface area contributed by atoms with Crippen molar-refractivity contribution in [2.75, 3.05) is 17.4 Å². The third-order valence-corrected chi connectivity index (χ3v) is 6.67. The number of sulfonamides is 1. The number of fused-ring (bicyclic) bond motifs is 1. The van der Waals surface area contributed by atoms with Crippen LogP contribution in [0.5, 0.6) is 6.01 Å². The Morgan fingerprint density at radius 2 is 2.07 bits per heavy atom. The van der Waals surface area contributed by atoms with Crippen molar-refractivity contribution < 1.29 is 17.9 Å². The first-order chi connectivity index (χ1) is 12.9. The van der Waals surface area contributed by atoms with Gasteiger partial charge in [0.25, 0.3) is 10.0 Å². The second-order valence-electron chi connectivity index (χ2n) is 6.66. The first-order valence-corrected chi connectivity index (χ1v) is 10.2. The van der Waals surface area contributed by atoms with Gasteiger partial charge in [0.15, 0.2) is 0 Å². The number of nitrogens with zero attached hydrogens (tertiary/aromatic N) is 4. The molecule has 0 bridgehead atoms. The smallest absolute Gasteiger partial charge is 0.318 e. The molecule has 8 nitrogen and oxygen atoms in total. The molecule has 142 valence electrons. The molecule has 0 saturated carbocycles. The molecule has 1 saturated heterocycles. The van der Waals surface area contributed by atoms with Crippen molar-refractivity contribution in [1.82, 2.24) is 14.9 Å². The summed E-state index contributed by atoms with van der Waals surface area (Å²) in [6.07, 6.45) is 2.93. The van der Waals surface area contributed by atoms with Gasteiger partial charge in [0.1, 0.15) is 11.9 Å². The molecule has 0 N–H and O–H groups in total.